The number of rotatable bonds is 6. The molecule has 6 heteroatoms. The molecule has 0 spiro atoms. The van der Waals surface area contributed by atoms with Crippen LogP contribution in [0.2, 0.25) is 0 Å². The van der Waals surface area contributed by atoms with Gasteiger partial charge in [-0.25, -0.2) is 4.79 Å². The molecular formula is C14H14N2O4. The number of hydrogen-bond donors (Lipinski definition) is 1. The Morgan fingerprint density at radius 1 is 1.55 bits per heavy atom. The fourth-order valence-corrected chi connectivity index (χ4v) is 2.12. The van der Waals surface area contributed by atoms with E-state index >= 15 is 0 Å². The van der Waals surface area contributed by atoms with E-state index in [2.05, 4.69) is 5.92 Å². The number of anilines is 1. The van der Waals surface area contributed by atoms with Crippen molar-refractivity contribution in [2.24, 2.45) is 5.92 Å². The van der Waals surface area contributed by atoms with E-state index < -0.39 is 16.6 Å². The van der Waals surface area contributed by atoms with Gasteiger partial charge in [-0.3, -0.25) is 10.1 Å². The van der Waals surface area contributed by atoms with Crippen LogP contribution in [-0.2, 0) is 0 Å². The largest absolute Gasteiger partial charge is 0.477 e. The fraction of sp³-hybridized carbons (Fsp3) is 0.357. The van der Waals surface area contributed by atoms with Crippen LogP contribution in [0.5, 0.6) is 0 Å². The first kappa shape index (κ1) is 13.9. The Balaban J connectivity index is 2.46. The van der Waals surface area contributed by atoms with E-state index in [1.807, 2.05) is 0 Å². The molecule has 1 aliphatic rings. The molecule has 6 nitrogen and oxygen atoms in total. The Bertz CT molecular complexity index is 587. The maximum Gasteiger partial charge on any atom is 0.342 e. The summed E-state index contributed by atoms with van der Waals surface area (Å²) in [7, 11) is 0. The molecule has 1 saturated carbocycles. The fourth-order valence-electron chi connectivity index (χ4n) is 2.12. The van der Waals surface area contributed by atoms with Gasteiger partial charge in [0, 0.05) is 6.54 Å². The topological polar surface area (TPSA) is 83.7 Å². The molecule has 0 amide bonds. The van der Waals surface area contributed by atoms with Gasteiger partial charge in [0.2, 0.25) is 0 Å². The van der Waals surface area contributed by atoms with E-state index in [-0.39, 0.29) is 17.8 Å². The van der Waals surface area contributed by atoms with Crippen molar-refractivity contribution >= 4 is 17.3 Å². The molecule has 0 aliphatic heterocycles. The summed E-state index contributed by atoms with van der Waals surface area (Å²) in [6.45, 7) is 0.842. The van der Waals surface area contributed by atoms with E-state index in [4.69, 9.17) is 11.5 Å². The average Bonchev–Trinajstić information content (AvgIpc) is 3.21. The van der Waals surface area contributed by atoms with Crippen LogP contribution in [-0.4, -0.2) is 29.1 Å². The van der Waals surface area contributed by atoms with E-state index in [0.29, 0.717) is 12.5 Å². The number of carbonyl (C=O) groups is 1. The Hall–Kier alpha value is -2.55. The molecule has 2 rings (SSSR count). The van der Waals surface area contributed by atoms with Crippen LogP contribution in [0, 0.1) is 28.4 Å². The Labute approximate surface area is 116 Å². The lowest BCUT2D eigenvalue weighted by Gasteiger charge is -2.22. The second kappa shape index (κ2) is 5.61. The van der Waals surface area contributed by atoms with Gasteiger partial charge in [0.25, 0.3) is 0 Å². The summed E-state index contributed by atoms with van der Waals surface area (Å²) in [5.41, 5.74) is -0.430. The summed E-state index contributed by atoms with van der Waals surface area (Å²) in [6, 6.07) is 4.28. The molecule has 1 aromatic carbocycles. The predicted octanol–water partition coefficient (Wildman–Crippen LogP) is 2.14. The van der Waals surface area contributed by atoms with Gasteiger partial charge in [0.15, 0.2) is 0 Å². The summed E-state index contributed by atoms with van der Waals surface area (Å²) >= 11 is 0. The molecule has 1 N–H and O–H groups in total. The maximum atomic E-state index is 11.2. The van der Waals surface area contributed by atoms with Gasteiger partial charge >= 0.3 is 11.7 Å². The summed E-state index contributed by atoms with van der Waals surface area (Å²) in [5, 5.41) is 20.3. The number of nitro groups is 1. The number of benzene rings is 1. The molecular weight excluding hydrogens is 260 g/mol. The smallest absolute Gasteiger partial charge is 0.342 e. The van der Waals surface area contributed by atoms with Crippen molar-refractivity contribution in [1.29, 1.82) is 0 Å². The molecule has 20 heavy (non-hydrogen) atoms. The Morgan fingerprint density at radius 2 is 2.25 bits per heavy atom. The third-order valence-corrected chi connectivity index (χ3v) is 3.23. The van der Waals surface area contributed by atoms with Crippen LogP contribution in [0.3, 0.4) is 0 Å². The Morgan fingerprint density at radius 3 is 2.75 bits per heavy atom. The normalized spacial score (nSPS) is 13.6. The predicted molar refractivity (Wildman–Crippen MR) is 73.8 cm³/mol. The van der Waals surface area contributed by atoms with Gasteiger partial charge in [-0.05, 0) is 30.9 Å². The Kier molecular flexibility index (Phi) is 3.89. The highest BCUT2D eigenvalue weighted by atomic mass is 16.6. The standard InChI is InChI=1S/C14H14N2O4/c1-2-8-15(9-10-6-7-10)12-5-3-4-11(14(17)18)13(12)16(19)20/h1,3-5,10H,6-9H2,(H,17,18). The molecule has 1 fully saturated rings. The van der Waals surface area contributed by atoms with Crippen molar-refractivity contribution in [3.05, 3.63) is 33.9 Å². The molecule has 0 unspecified atom stereocenters. The van der Waals surface area contributed by atoms with Crippen molar-refractivity contribution in [3.8, 4) is 12.3 Å². The van der Waals surface area contributed by atoms with E-state index in [1.165, 1.54) is 12.1 Å². The zero-order chi connectivity index (χ0) is 14.7. The third kappa shape index (κ3) is 2.88. The minimum atomic E-state index is -1.31. The summed E-state index contributed by atoms with van der Waals surface area (Å²) < 4.78 is 0. The van der Waals surface area contributed by atoms with Crippen molar-refractivity contribution in [2.45, 2.75) is 12.8 Å². The second-order valence-electron chi connectivity index (χ2n) is 4.76. The van der Waals surface area contributed by atoms with Gasteiger partial charge in [-0.15, -0.1) is 6.42 Å². The molecule has 104 valence electrons. The number of hydrogen-bond acceptors (Lipinski definition) is 4. The SMILES string of the molecule is C#CCN(CC1CC1)c1cccc(C(=O)O)c1[N+](=O)[O-]. The van der Waals surface area contributed by atoms with Gasteiger partial charge < -0.3 is 10.0 Å². The quantitative estimate of drug-likeness (QED) is 0.488. The summed E-state index contributed by atoms with van der Waals surface area (Å²) in [4.78, 5) is 23.4. The van der Waals surface area contributed by atoms with Gasteiger partial charge in [-0.1, -0.05) is 12.0 Å². The molecule has 0 aromatic heterocycles. The summed E-state index contributed by atoms with van der Waals surface area (Å²) in [6.07, 6.45) is 7.46. The van der Waals surface area contributed by atoms with Crippen LogP contribution in [0.1, 0.15) is 23.2 Å². The van der Waals surface area contributed by atoms with Crippen LogP contribution >= 0.6 is 0 Å². The highest BCUT2D eigenvalue weighted by Gasteiger charge is 2.30. The number of carboxylic acids is 1. The molecule has 0 saturated heterocycles. The molecule has 0 bridgehead atoms. The highest BCUT2D eigenvalue weighted by molar-refractivity contribution is 5.95. The molecule has 1 aliphatic carbocycles. The number of para-hydroxylation sites is 1. The number of carboxylic acid groups (broad SMARTS) is 1. The van der Waals surface area contributed by atoms with E-state index in [0.717, 1.165) is 12.8 Å². The van der Waals surface area contributed by atoms with Crippen molar-refractivity contribution < 1.29 is 14.8 Å². The number of terminal acetylenes is 1. The first-order valence-corrected chi connectivity index (χ1v) is 6.23. The van der Waals surface area contributed by atoms with Crippen LogP contribution in [0.4, 0.5) is 11.4 Å². The molecule has 0 heterocycles. The second-order valence-corrected chi connectivity index (χ2v) is 4.76. The third-order valence-electron chi connectivity index (χ3n) is 3.23. The zero-order valence-corrected chi connectivity index (χ0v) is 10.8. The lowest BCUT2D eigenvalue weighted by atomic mass is 10.1. The number of nitrogens with zero attached hydrogens (tertiary/aromatic N) is 2. The highest BCUT2D eigenvalue weighted by Crippen LogP contribution is 2.36. The molecule has 0 radical (unpaired) electrons. The monoisotopic (exact) mass is 274 g/mol. The minimum Gasteiger partial charge on any atom is -0.477 e. The van der Waals surface area contributed by atoms with Crippen molar-refractivity contribution in [3.63, 3.8) is 0 Å². The van der Waals surface area contributed by atoms with Crippen LogP contribution in [0.25, 0.3) is 0 Å². The minimum absolute atomic E-state index is 0.223. The maximum absolute atomic E-state index is 11.2. The first-order valence-electron chi connectivity index (χ1n) is 6.23. The number of nitro benzene ring substituents is 1. The molecule has 0 atom stereocenters. The molecule has 1 aromatic rings. The van der Waals surface area contributed by atoms with E-state index in [9.17, 15) is 14.9 Å². The summed E-state index contributed by atoms with van der Waals surface area (Å²) in [5.74, 6) is 1.64. The van der Waals surface area contributed by atoms with Crippen molar-refractivity contribution in [2.75, 3.05) is 18.0 Å². The van der Waals surface area contributed by atoms with Crippen LogP contribution in [0.15, 0.2) is 18.2 Å². The average molecular weight is 274 g/mol. The lowest BCUT2D eigenvalue weighted by molar-refractivity contribution is -0.384. The van der Waals surface area contributed by atoms with Crippen LogP contribution < -0.4 is 4.90 Å². The van der Waals surface area contributed by atoms with Gasteiger partial charge in [0.05, 0.1) is 11.5 Å². The van der Waals surface area contributed by atoms with Gasteiger partial charge in [0.1, 0.15) is 11.3 Å². The van der Waals surface area contributed by atoms with Crippen molar-refractivity contribution in [1.82, 2.24) is 0 Å². The number of aromatic carboxylic acids is 1. The van der Waals surface area contributed by atoms with E-state index in [1.54, 1.807) is 11.0 Å². The first-order chi connectivity index (χ1) is 9.54. The lowest BCUT2D eigenvalue weighted by Crippen LogP contribution is -2.27. The van der Waals surface area contributed by atoms with Gasteiger partial charge in [-0.2, -0.15) is 0 Å². The zero-order valence-electron chi connectivity index (χ0n) is 10.8.